The Kier molecular flexibility index (Phi) is 8.27. The van der Waals surface area contributed by atoms with E-state index in [9.17, 15) is 4.79 Å². The van der Waals surface area contributed by atoms with E-state index in [1.807, 2.05) is 18.5 Å². The molecule has 3 rings (SSSR count). The molecular weight excluding hydrogens is 477 g/mol. The van der Waals surface area contributed by atoms with E-state index in [0.29, 0.717) is 6.54 Å². The quantitative estimate of drug-likeness (QED) is 0.281. The second-order valence-electron chi connectivity index (χ2n) is 6.57. The van der Waals surface area contributed by atoms with Crippen molar-refractivity contribution in [2.75, 3.05) is 20.6 Å². The fourth-order valence-electron chi connectivity index (χ4n) is 3.21. The highest BCUT2D eigenvalue weighted by Gasteiger charge is 2.16. The zero-order valence-electron chi connectivity index (χ0n) is 16.1. The third-order valence-electron chi connectivity index (χ3n) is 4.50. The van der Waals surface area contributed by atoms with Crippen LogP contribution in [0, 0.1) is 6.92 Å². The summed E-state index contributed by atoms with van der Waals surface area (Å²) in [6, 6.07) is 0. The van der Waals surface area contributed by atoms with Crippen molar-refractivity contribution in [3.8, 4) is 0 Å². The fraction of sp³-hybridized carbons (Fsp3) is 0.647. The van der Waals surface area contributed by atoms with Gasteiger partial charge in [-0.25, -0.2) is 14.5 Å². The second kappa shape index (κ2) is 10.2. The Morgan fingerprint density at radius 3 is 2.93 bits per heavy atom. The van der Waals surface area contributed by atoms with Crippen molar-refractivity contribution in [2.24, 2.45) is 4.99 Å². The van der Waals surface area contributed by atoms with E-state index in [4.69, 9.17) is 0 Å². The standard InChI is InChI=1S/C17H27N7OS.HI/c1-13-20-14(12-26-13)11-22(3)16(18-2)19-8-6-10-24-17(25)23-9-5-4-7-15(23)21-24;/h12H,4-11H2,1-3H3,(H,18,19);1H. The Bertz CT molecular complexity index is 826. The van der Waals surface area contributed by atoms with Crippen molar-refractivity contribution in [1.29, 1.82) is 0 Å². The van der Waals surface area contributed by atoms with Gasteiger partial charge < -0.3 is 10.2 Å². The first-order chi connectivity index (χ1) is 12.6. The number of hydrogen-bond acceptors (Lipinski definition) is 5. The fourth-order valence-corrected chi connectivity index (χ4v) is 3.81. The van der Waals surface area contributed by atoms with Crippen LogP contribution in [0.3, 0.4) is 0 Å². The Labute approximate surface area is 180 Å². The van der Waals surface area contributed by atoms with Gasteiger partial charge in [-0.15, -0.1) is 35.3 Å². The predicted octanol–water partition coefficient (Wildman–Crippen LogP) is 1.86. The van der Waals surface area contributed by atoms with E-state index >= 15 is 0 Å². The molecule has 10 heteroatoms. The van der Waals surface area contributed by atoms with Gasteiger partial charge in [0.2, 0.25) is 0 Å². The molecule has 0 radical (unpaired) electrons. The minimum atomic E-state index is 0. The third-order valence-corrected chi connectivity index (χ3v) is 5.32. The number of aryl methyl sites for hydroxylation is 3. The first-order valence-corrected chi connectivity index (χ1v) is 9.95. The topological polar surface area (TPSA) is 80.3 Å². The van der Waals surface area contributed by atoms with Crippen LogP contribution >= 0.6 is 35.3 Å². The lowest BCUT2D eigenvalue weighted by molar-refractivity contribution is 0.464. The molecule has 0 saturated heterocycles. The van der Waals surface area contributed by atoms with Gasteiger partial charge in [-0.2, -0.15) is 5.10 Å². The van der Waals surface area contributed by atoms with Gasteiger partial charge in [-0.05, 0) is 26.2 Å². The highest BCUT2D eigenvalue weighted by molar-refractivity contribution is 14.0. The molecule has 0 aromatic carbocycles. The van der Waals surface area contributed by atoms with E-state index < -0.39 is 0 Å². The number of guanidine groups is 1. The van der Waals surface area contributed by atoms with Crippen LogP contribution < -0.4 is 11.0 Å². The summed E-state index contributed by atoms with van der Waals surface area (Å²) >= 11 is 1.66. The Morgan fingerprint density at radius 1 is 1.44 bits per heavy atom. The Morgan fingerprint density at radius 2 is 2.26 bits per heavy atom. The van der Waals surface area contributed by atoms with Crippen molar-refractivity contribution in [2.45, 2.75) is 52.2 Å². The molecule has 1 aliphatic rings. The maximum atomic E-state index is 12.3. The molecule has 1 N–H and O–H groups in total. The molecule has 2 aromatic heterocycles. The van der Waals surface area contributed by atoms with Crippen LogP contribution in [0.4, 0.5) is 0 Å². The number of thiazole rings is 1. The highest BCUT2D eigenvalue weighted by Crippen LogP contribution is 2.10. The van der Waals surface area contributed by atoms with Gasteiger partial charge >= 0.3 is 5.69 Å². The maximum Gasteiger partial charge on any atom is 0.345 e. The molecule has 0 bridgehead atoms. The lowest BCUT2D eigenvalue weighted by Crippen LogP contribution is -2.39. The highest BCUT2D eigenvalue weighted by atomic mass is 127. The largest absolute Gasteiger partial charge is 0.356 e. The summed E-state index contributed by atoms with van der Waals surface area (Å²) in [7, 11) is 3.77. The minimum Gasteiger partial charge on any atom is -0.356 e. The Hall–Kier alpha value is -1.43. The van der Waals surface area contributed by atoms with Gasteiger partial charge in [0.25, 0.3) is 0 Å². The smallest absolute Gasteiger partial charge is 0.345 e. The lowest BCUT2D eigenvalue weighted by Gasteiger charge is -2.21. The molecule has 8 nitrogen and oxygen atoms in total. The molecule has 0 unspecified atom stereocenters. The zero-order chi connectivity index (χ0) is 18.5. The summed E-state index contributed by atoms with van der Waals surface area (Å²) in [5.74, 6) is 1.76. The van der Waals surface area contributed by atoms with Crippen LogP contribution in [0.5, 0.6) is 0 Å². The first kappa shape index (κ1) is 21.9. The lowest BCUT2D eigenvalue weighted by atomic mass is 10.2. The maximum absolute atomic E-state index is 12.3. The zero-order valence-corrected chi connectivity index (χ0v) is 19.3. The first-order valence-electron chi connectivity index (χ1n) is 9.08. The van der Waals surface area contributed by atoms with Crippen molar-refractivity contribution < 1.29 is 0 Å². The molecule has 0 aliphatic carbocycles. The third kappa shape index (κ3) is 5.53. The van der Waals surface area contributed by atoms with Gasteiger partial charge in [0.1, 0.15) is 5.82 Å². The summed E-state index contributed by atoms with van der Waals surface area (Å²) in [5.41, 5.74) is 1.08. The normalized spacial score (nSPS) is 13.8. The van der Waals surface area contributed by atoms with Gasteiger partial charge in [0.15, 0.2) is 5.96 Å². The summed E-state index contributed by atoms with van der Waals surface area (Å²) in [4.78, 5) is 23.2. The number of nitrogens with zero attached hydrogens (tertiary/aromatic N) is 6. The minimum absolute atomic E-state index is 0. The number of nitrogens with one attached hydrogen (secondary N) is 1. The summed E-state index contributed by atoms with van der Waals surface area (Å²) in [6.45, 7) is 4.90. The predicted molar refractivity (Wildman–Crippen MR) is 119 cm³/mol. The molecule has 0 amide bonds. The monoisotopic (exact) mass is 505 g/mol. The molecule has 27 heavy (non-hydrogen) atoms. The van der Waals surface area contributed by atoms with E-state index in [2.05, 4.69) is 30.7 Å². The molecule has 0 spiro atoms. The molecule has 150 valence electrons. The number of fused-ring (bicyclic) bond motifs is 1. The van der Waals surface area contributed by atoms with Crippen LogP contribution in [-0.2, 0) is 26.1 Å². The number of aromatic nitrogens is 4. The SMILES string of the molecule is CN=C(NCCCn1nc2n(c1=O)CCCC2)N(C)Cc1csc(C)n1.I. The summed E-state index contributed by atoms with van der Waals surface area (Å²) in [6.07, 6.45) is 3.92. The van der Waals surface area contributed by atoms with E-state index in [1.54, 1.807) is 23.1 Å². The van der Waals surface area contributed by atoms with Gasteiger partial charge in [-0.3, -0.25) is 9.56 Å². The average Bonchev–Trinajstić information content (AvgIpc) is 3.18. The molecule has 2 aromatic rings. The summed E-state index contributed by atoms with van der Waals surface area (Å²) < 4.78 is 3.42. The van der Waals surface area contributed by atoms with Crippen LogP contribution in [0.2, 0.25) is 0 Å². The molecular formula is C17H28IN7OS. The van der Waals surface area contributed by atoms with Crippen LogP contribution in [-0.4, -0.2) is 50.8 Å². The Balaban J connectivity index is 0.00000261. The van der Waals surface area contributed by atoms with E-state index in [-0.39, 0.29) is 29.7 Å². The van der Waals surface area contributed by atoms with Gasteiger partial charge in [0.05, 0.1) is 17.2 Å². The van der Waals surface area contributed by atoms with Crippen molar-refractivity contribution in [3.63, 3.8) is 0 Å². The summed E-state index contributed by atoms with van der Waals surface area (Å²) in [5, 5.41) is 11.0. The van der Waals surface area contributed by atoms with Gasteiger partial charge in [0, 0.05) is 45.5 Å². The van der Waals surface area contributed by atoms with E-state index in [0.717, 1.165) is 67.8 Å². The number of hydrogen-bond donors (Lipinski definition) is 1. The van der Waals surface area contributed by atoms with Crippen molar-refractivity contribution in [1.82, 2.24) is 29.5 Å². The van der Waals surface area contributed by atoms with Gasteiger partial charge in [-0.1, -0.05) is 0 Å². The molecule has 0 atom stereocenters. The number of aliphatic imine (C=N–C) groups is 1. The van der Waals surface area contributed by atoms with Crippen molar-refractivity contribution in [3.05, 3.63) is 32.4 Å². The molecule has 0 fully saturated rings. The van der Waals surface area contributed by atoms with Crippen LogP contribution in [0.15, 0.2) is 15.2 Å². The van der Waals surface area contributed by atoms with Crippen molar-refractivity contribution >= 4 is 41.3 Å². The average molecular weight is 505 g/mol. The number of rotatable bonds is 6. The van der Waals surface area contributed by atoms with Crippen LogP contribution in [0.1, 0.15) is 35.8 Å². The second-order valence-corrected chi connectivity index (χ2v) is 7.63. The molecule has 0 saturated carbocycles. The molecule has 3 heterocycles. The van der Waals surface area contributed by atoms with E-state index in [1.165, 1.54) is 0 Å². The molecule has 1 aliphatic heterocycles. The van der Waals surface area contributed by atoms with Crippen LogP contribution in [0.25, 0.3) is 0 Å². The number of halogens is 1.